The Labute approximate surface area is 225 Å². The molecule has 3 atom stereocenters. The van der Waals surface area contributed by atoms with Crippen molar-refractivity contribution in [3.05, 3.63) is 70.8 Å². The number of aliphatic hydroxyl groups is 1. The van der Waals surface area contributed by atoms with Crippen LogP contribution in [0.25, 0.3) is 0 Å². The lowest BCUT2D eigenvalue weighted by Gasteiger charge is -2.31. The summed E-state index contributed by atoms with van der Waals surface area (Å²) in [7, 11) is 1.45. The van der Waals surface area contributed by atoms with Gasteiger partial charge in [-0.3, -0.25) is 4.79 Å². The van der Waals surface area contributed by atoms with Gasteiger partial charge in [0.05, 0.1) is 13.2 Å². The van der Waals surface area contributed by atoms with Crippen LogP contribution in [0.15, 0.2) is 59.7 Å². The molecule has 0 saturated carbocycles. The van der Waals surface area contributed by atoms with E-state index in [2.05, 4.69) is 74.7 Å². The predicted octanol–water partition coefficient (Wildman–Crippen LogP) is 7.19. The summed E-state index contributed by atoms with van der Waals surface area (Å²) in [6.07, 6.45) is 19.5. The molecule has 4 heteroatoms. The maximum Gasteiger partial charge on any atom is 0.305 e. The third-order valence-electron chi connectivity index (χ3n) is 8.10. The summed E-state index contributed by atoms with van der Waals surface area (Å²) < 4.78 is 4.73. The molecule has 4 nitrogen and oxygen atoms in total. The van der Waals surface area contributed by atoms with E-state index < -0.39 is 0 Å². The first-order valence-corrected chi connectivity index (χ1v) is 14.4. The second-order valence-corrected chi connectivity index (χ2v) is 11.8. The van der Waals surface area contributed by atoms with Crippen molar-refractivity contribution in [2.24, 2.45) is 5.92 Å². The van der Waals surface area contributed by atoms with Gasteiger partial charge in [-0.1, -0.05) is 67.5 Å². The number of allylic oxidation sites excluding steroid dienone is 6. The number of aryl methyl sites for hydroxylation is 1. The van der Waals surface area contributed by atoms with Crippen LogP contribution in [0.4, 0.5) is 0 Å². The maximum atomic E-state index is 11.3. The molecule has 0 saturated heterocycles. The SMILES string of the molecule is COC(=O)CCCCCc1ccccc1C(C)CCC(O)CNC(C)(C)CC1CC2=C(CC=CC=C2)C1. The summed E-state index contributed by atoms with van der Waals surface area (Å²) in [5.74, 6) is 0.985. The minimum absolute atomic E-state index is 0.0158. The number of carbonyl (C=O) groups excluding carboxylic acids is 1. The van der Waals surface area contributed by atoms with Gasteiger partial charge < -0.3 is 15.2 Å². The number of aliphatic hydroxyl groups excluding tert-OH is 1. The normalized spacial score (nSPS) is 19.0. The minimum Gasteiger partial charge on any atom is -0.469 e. The molecule has 2 aliphatic rings. The van der Waals surface area contributed by atoms with Crippen molar-refractivity contribution in [1.29, 1.82) is 0 Å². The fraction of sp³-hybridized carbons (Fsp3) is 0.606. The quantitative estimate of drug-likeness (QED) is 0.195. The van der Waals surface area contributed by atoms with Crippen LogP contribution in [0.2, 0.25) is 0 Å². The number of ether oxygens (including phenoxy) is 1. The molecule has 0 amide bonds. The first-order chi connectivity index (χ1) is 17.8. The molecular formula is C33H49NO3. The van der Waals surface area contributed by atoms with E-state index in [4.69, 9.17) is 4.74 Å². The Kier molecular flexibility index (Phi) is 11.7. The monoisotopic (exact) mass is 507 g/mol. The van der Waals surface area contributed by atoms with Gasteiger partial charge in [-0.05, 0) is 100 Å². The van der Waals surface area contributed by atoms with Crippen molar-refractivity contribution in [3.63, 3.8) is 0 Å². The zero-order valence-corrected chi connectivity index (χ0v) is 23.6. The molecule has 204 valence electrons. The molecule has 37 heavy (non-hydrogen) atoms. The van der Waals surface area contributed by atoms with Crippen LogP contribution in [0.5, 0.6) is 0 Å². The number of hydrogen-bond donors (Lipinski definition) is 2. The molecule has 0 aromatic heterocycles. The molecule has 0 bridgehead atoms. The molecule has 0 fully saturated rings. The van der Waals surface area contributed by atoms with Gasteiger partial charge in [-0.15, -0.1) is 0 Å². The van der Waals surface area contributed by atoms with Crippen molar-refractivity contribution >= 4 is 5.97 Å². The molecule has 3 rings (SSSR count). The largest absolute Gasteiger partial charge is 0.469 e. The van der Waals surface area contributed by atoms with Crippen molar-refractivity contribution in [1.82, 2.24) is 5.32 Å². The van der Waals surface area contributed by atoms with Crippen LogP contribution in [0, 0.1) is 5.92 Å². The third kappa shape index (κ3) is 9.90. The average Bonchev–Trinajstić information content (AvgIpc) is 3.12. The zero-order chi connectivity index (χ0) is 26.7. The van der Waals surface area contributed by atoms with Gasteiger partial charge >= 0.3 is 5.97 Å². The van der Waals surface area contributed by atoms with Gasteiger partial charge in [-0.2, -0.15) is 0 Å². The summed E-state index contributed by atoms with van der Waals surface area (Å²) in [5.41, 5.74) is 5.97. The predicted molar refractivity (Wildman–Crippen MR) is 154 cm³/mol. The first kappa shape index (κ1) is 29.4. The lowest BCUT2D eigenvalue weighted by atomic mass is 9.87. The Morgan fingerprint density at radius 2 is 1.95 bits per heavy atom. The van der Waals surface area contributed by atoms with E-state index in [1.807, 2.05) is 0 Å². The highest BCUT2D eigenvalue weighted by Crippen LogP contribution is 2.39. The topological polar surface area (TPSA) is 58.6 Å². The minimum atomic E-state index is -0.335. The van der Waals surface area contributed by atoms with Crippen LogP contribution >= 0.6 is 0 Å². The standard InChI is InChI=1S/C33H49NO3/c1-25(31-17-12-11-14-27(31)13-7-6-10-18-32(36)37-4)19-20-30(35)24-34-33(2,3)23-26-21-28-15-8-5-9-16-29(28)22-26/h5,8-9,11-12,14-15,17,25-26,30,34-35H,6-7,10,13,16,18-24H2,1-4H3. The molecule has 2 N–H and O–H groups in total. The summed E-state index contributed by atoms with van der Waals surface area (Å²) in [4.78, 5) is 11.3. The summed E-state index contributed by atoms with van der Waals surface area (Å²) in [6.45, 7) is 7.48. The maximum absolute atomic E-state index is 11.3. The number of hydrogen-bond acceptors (Lipinski definition) is 4. The van der Waals surface area contributed by atoms with Crippen LogP contribution in [-0.2, 0) is 16.0 Å². The van der Waals surface area contributed by atoms with E-state index in [1.54, 1.807) is 11.1 Å². The summed E-state index contributed by atoms with van der Waals surface area (Å²) in [5, 5.41) is 14.5. The Hall–Kier alpha value is -2.17. The molecule has 1 aromatic rings. The van der Waals surface area contributed by atoms with Crippen molar-refractivity contribution in [3.8, 4) is 0 Å². The smallest absolute Gasteiger partial charge is 0.305 e. The first-order valence-electron chi connectivity index (χ1n) is 14.4. The Morgan fingerprint density at radius 1 is 1.14 bits per heavy atom. The van der Waals surface area contributed by atoms with Crippen molar-refractivity contribution in [2.45, 2.75) is 109 Å². The number of unbranched alkanes of at least 4 members (excludes halogenated alkanes) is 2. The van der Waals surface area contributed by atoms with Gasteiger partial charge in [0, 0.05) is 18.5 Å². The van der Waals surface area contributed by atoms with E-state index in [0.717, 1.165) is 51.4 Å². The highest BCUT2D eigenvalue weighted by molar-refractivity contribution is 5.68. The lowest BCUT2D eigenvalue weighted by molar-refractivity contribution is -0.140. The van der Waals surface area contributed by atoms with Crippen LogP contribution in [0.1, 0.15) is 102 Å². The van der Waals surface area contributed by atoms with Crippen LogP contribution in [0.3, 0.4) is 0 Å². The van der Waals surface area contributed by atoms with Crippen LogP contribution < -0.4 is 5.32 Å². The Morgan fingerprint density at radius 3 is 2.76 bits per heavy atom. The second kappa shape index (κ2) is 14.7. The molecule has 1 aromatic carbocycles. The number of methoxy groups -OCH3 is 1. The van der Waals surface area contributed by atoms with E-state index in [1.165, 1.54) is 31.1 Å². The van der Waals surface area contributed by atoms with Gasteiger partial charge in [0.2, 0.25) is 0 Å². The third-order valence-corrected chi connectivity index (χ3v) is 8.10. The average molecular weight is 508 g/mol. The highest BCUT2D eigenvalue weighted by Gasteiger charge is 2.29. The zero-order valence-electron chi connectivity index (χ0n) is 23.6. The van der Waals surface area contributed by atoms with Crippen molar-refractivity contribution in [2.75, 3.05) is 13.7 Å². The lowest BCUT2D eigenvalue weighted by Crippen LogP contribution is -2.44. The number of rotatable bonds is 15. The fourth-order valence-electron chi connectivity index (χ4n) is 6.01. The number of carbonyl (C=O) groups is 1. The molecule has 0 spiro atoms. The molecule has 0 heterocycles. The van der Waals surface area contributed by atoms with E-state index in [0.29, 0.717) is 24.8 Å². The number of nitrogens with one attached hydrogen (secondary N) is 1. The Bertz CT molecular complexity index is 958. The van der Waals surface area contributed by atoms with Gasteiger partial charge in [-0.25, -0.2) is 0 Å². The molecule has 0 radical (unpaired) electrons. The van der Waals surface area contributed by atoms with Gasteiger partial charge in [0.25, 0.3) is 0 Å². The number of esters is 1. The van der Waals surface area contributed by atoms with Gasteiger partial charge in [0.1, 0.15) is 0 Å². The van der Waals surface area contributed by atoms with E-state index in [-0.39, 0.29) is 17.6 Å². The summed E-state index contributed by atoms with van der Waals surface area (Å²) >= 11 is 0. The molecular weight excluding hydrogens is 458 g/mol. The fourth-order valence-corrected chi connectivity index (χ4v) is 6.01. The van der Waals surface area contributed by atoms with E-state index >= 15 is 0 Å². The number of benzene rings is 1. The van der Waals surface area contributed by atoms with Crippen LogP contribution in [-0.4, -0.2) is 36.4 Å². The molecule has 3 unspecified atom stereocenters. The number of β-amino-alcohol motifs (C(OH)–C–C–N with tert-alkyl or cyclic N) is 1. The van der Waals surface area contributed by atoms with Crippen molar-refractivity contribution < 1.29 is 14.6 Å². The highest BCUT2D eigenvalue weighted by atomic mass is 16.5. The van der Waals surface area contributed by atoms with E-state index in [9.17, 15) is 9.90 Å². The summed E-state index contributed by atoms with van der Waals surface area (Å²) in [6, 6.07) is 8.71. The second-order valence-electron chi connectivity index (χ2n) is 11.8. The Balaban J connectivity index is 1.38. The molecule has 2 aliphatic carbocycles. The molecule has 0 aliphatic heterocycles. The van der Waals surface area contributed by atoms with Gasteiger partial charge in [0.15, 0.2) is 0 Å².